The maximum atomic E-state index is 11.9. The summed E-state index contributed by atoms with van der Waals surface area (Å²) in [5.74, 6) is 0.823. The molecule has 0 spiro atoms. The molecule has 2 aromatic heterocycles. The lowest BCUT2D eigenvalue weighted by Gasteiger charge is -2.09. The van der Waals surface area contributed by atoms with Crippen LogP contribution in [0.5, 0.6) is 0 Å². The molecule has 0 aliphatic carbocycles. The van der Waals surface area contributed by atoms with E-state index < -0.39 is 0 Å². The van der Waals surface area contributed by atoms with Crippen molar-refractivity contribution in [2.75, 3.05) is 17.6 Å². The first-order valence-electron chi connectivity index (χ1n) is 7.14. The van der Waals surface area contributed by atoms with Crippen LogP contribution in [0, 0.1) is 0 Å². The minimum atomic E-state index is -0.121. The van der Waals surface area contributed by atoms with Gasteiger partial charge in [-0.15, -0.1) is 0 Å². The molecule has 116 valence electrons. The number of nitrogen functional groups attached to an aromatic ring is 1. The van der Waals surface area contributed by atoms with Crippen LogP contribution in [0.1, 0.15) is 5.56 Å². The smallest absolute Gasteiger partial charge is 0.239 e. The highest BCUT2D eigenvalue weighted by molar-refractivity contribution is 5.89. The van der Waals surface area contributed by atoms with E-state index in [1.165, 1.54) is 6.33 Å². The standard InChI is InChI=1S/C16H16N6O/c17-13-7-6-12-15(20-10-21-16(12)22-13)19-9-14(23)18-8-11-4-2-1-3-5-11/h1-7,10H,8-9H2,(H,18,23)(H3,17,19,20,21,22). The first-order chi connectivity index (χ1) is 11.2. The maximum absolute atomic E-state index is 11.9. The molecule has 0 aliphatic heterocycles. The van der Waals surface area contributed by atoms with Crippen molar-refractivity contribution in [3.05, 3.63) is 54.4 Å². The summed E-state index contributed by atoms with van der Waals surface area (Å²) in [5.41, 5.74) is 7.18. The van der Waals surface area contributed by atoms with Gasteiger partial charge in [0.1, 0.15) is 18.0 Å². The molecule has 23 heavy (non-hydrogen) atoms. The molecule has 7 nitrogen and oxygen atoms in total. The number of anilines is 2. The second-order valence-corrected chi connectivity index (χ2v) is 4.95. The normalized spacial score (nSPS) is 10.4. The number of fused-ring (bicyclic) bond motifs is 1. The summed E-state index contributed by atoms with van der Waals surface area (Å²) in [6, 6.07) is 13.2. The minimum Gasteiger partial charge on any atom is -0.384 e. The van der Waals surface area contributed by atoms with E-state index in [1.54, 1.807) is 12.1 Å². The number of carbonyl (C=O) groups is 1. The van der Waals surface area contributed by atoms with Gasteiger partial charge < -0.3 is 16.4 Å². The van der Waals surface area contributed by atoms with E-state index in [0.717, 1.165) is 10.9 Å². The molecule has 4 N–H and O–H groups in total. The van der Waals surface area contributed by atoms with Crippen LogP contribution in [0.15, 0.2) is 48.8 Å². The molecule has 7 heteroatoms. The summed E-state index contributed by atoms with van der Waals surface area (Å²) in [6.45, 7) is 0.604. The van der Waals surface area contributed by atoms with E-state index >= 15 is 0 Å². The van der Waals surface area contributed by atoms with Gasteiger partial charge in [-0.25, -0.2) is 15.0 Å². The Bertz CT molecular complexity index is 821. The number of benzene rings is 1. The predicted octanol–water partition coefficient (Wildman–Crippen LogP) is 1.34. The summed E-state index contributed by atoms with van der Waals surface area (Å²) in [6.07, 6.45) is 1.39. The molecule has 0 bridgehead atoms. The van der Waals surface area contributed by atoms with Gasteiger partial charge in [-0.05, 0) is 17.7 Å². The monoisotopic (exact) mass is 308 g/mol. The van der Waals surface area contributed by atoms with Crippen molar-refractivity contribution in [3.8, 4) is 0 Å². The third-order valence-electron chi connectivity index (χ3n) is 3.27. The van der Waals surface area contributed by atoms with Gasteiger partial charge in [-0.2, -0.15) is 0 Å². The Hall–Kier alpha value is -3.22. The zero-order valence-corrected chi connectivity index (χ0v) is 12.4. The number of nitrogens with one attached hydrogen (secondary N) is 2. The summed E-state index contributed by atoms with van der Waals surface area (Å²) >= 11 is 0. The highest BCUT2D eigenvalue weighted by Gasteiger charge is 2.07. The van der Waals surface area contributed by atoms with E-state index in [4.69, 9.17) is 5.73 Å². The van der Waals surface area contributed by atoms with Crippen LogP contribution in [0.4, 0.5) is 11.6 Å². The van der Waals surface area contributed by atoms with Gasteiger partial charge in [-0.3, -0.25) is 4.79 Å². The summed E-state index contributed by atoms with van der Waals surface area (Å²) in [7, 11) is 0. The Morgan fingerprint density at radius 3 is 2.74 bits per heavy atom. The number of hydrogen-bond donors (Lipinski definition) is 3. The van der Waals surface area contributed by atoms with Gasteiger partial charge >= 0.3 is 0 Å². The molecule has 0 aliphatic rings. The number of nitrogens with zero attached hydrogens (tertiary/aromatic N) is 3. The fraction of sp³-hybridized carbons (Fsp3) is 0.125. The quantitative estimate of drug-likeness (QED) is 0.656. The first kappa shape index (κ1) is 14.7. The van der Waals surface area contributed by atoms with Crippen LogP contribution in [0.3, 0.4) is 0 Å². The van der Waals surface area contributed by atoms with E-state index in [2.05, 4.69) is 25.6 Å². The molecule has 1 aromatic carbocycles. The van der Waals surface area contributed by atoms with Gasteiger partial charge in [0.25, 0.3) is 0 Å². The lowest BCUT2D eigenvalue weighted by Crippen LogP contribution is -2.29. The number of nitrogens with two attached hydrogens (primary N) is 1. The molecule has 0 saturated heterocycles. The zero-order valence-electron chi connectivity index (χ0n) is 12.4. The van der Waals surface area contributed by atoms with Crippen LogP contribution < -0.4 is 16.4 Å². The minimum absolute atomic E-state index is 0.114. The SMILES string of the molecule is Nc1ccc2c(NCC(=O)NCc3ccccc3)ncnc2n1. The molecule has 0 atom stereocenters. The topological polar surface area (TPSA) is 106 Å². The molecule has 0 saturated carbocycles. The number of rotatable bonds is 5. The number of pyridine rings is 1. The van der Waals surface area contributed by atoms with Gasteiger partial charge in [0.2, 0.25) is 5.91 Å². The third kappa shape index (κ3) is 3.70. The van der Waals surface area contributed by atoms with Crippen molar-refractivity contribution in [2.45, 2.75) is 6.54 Å². The first-order valence-corrected chi connectivity index (χ1v) is 7.14. The van der Waals surface area contributed by atoms with Crippen LogP contribution in [-0.4, -0.2) is 27.4 Å². The lowest BCUT2D eigenvalue weighted by atomic mass is 10.2. The van der Waals surface area contributed by atoms with E-state index in [9.17, 15) is 4.79 Å². The second kappa shape index (κ2) is 6.69. The number of carbonyl (C=O) groups excluding carboxylic acids is 1. The van der Waals surface area contributed by atoms with Gasteiger partial charge in [0.05, 0.1) is 11.9 Å². The fourth-order valence-corrected chi connectivity index (χ4v) is 2.12. The number of amides is 1. The molecular weight excluding hydrogens is 292 g/mol. The Morgan fingerprint density at radius 1 is 1.09 bits per heavy atom. The average molecular weight is 308 g/mol. The van der Waals surface area contributed by atoms with Crippen molar-refractivity contribution >= 4 is 28.6 Å². The Labute approximate surface area is 133 Å². The molecule has 3 aromatic rings. The van der Waals surface area contributed by atoms with E-state index in [-0.39, 0.29) is 12.5 Å². The summed E-state index contributed by atoms with van der Waals surface area (Å²) < 4.78 is 0. The largest absolute Gasteiger partial charge is 0.384 e. The molecule has 0 fully saturated rings. The summed E-state index contributed by atoms with van der Waals surface area (Å²) in [5, 5.41) is 6.57. The zero-order chi connectivity index (χ0) is 16.1. The molecule has 2 heterocycles. The van der Waals surface area contributed by atoms with Crippen LogP contribution in [-0.2, 0) is 11.3 Å². The van der Waals surface area contributed by atoms with Crippen molar-refractivity contribution in [1.82, 2.24) is 20.3 Å². The van der Waals surface area contributed by atoms with Crippen molar-refractivity contribution in [1.29, 1.82) is 0 Å². The Kier molecular flexibility index (Phi) is 4.28. The highest BCUT2D eigenvalue weighted by atomic mass is 16.1. The highest BCUT2D eigenvalue weighted by Crippen LogP contribution is 2.18. The lowest BCUT2D eigenvalue weighted by molar-refractivity contribution is -0.119. The van der Waals surface area contributed by atoms with Gasteiger partial charge in [0.15, 0.2) is 5.65 Å². The fourth-order valence-electron chi connectivity index (χ4n) is 2.12. The average Bonchev–Trinajstić information content (AvgIpc) is 2.58. The number of hydrogen-bond acceptors (Lipinski definition) is 6. The van der Waals surface area contributed by atoms with Crippen LogP contribution >= 0.6 is 0 Å². The number of aromatic nitrogens is 3. The van der Waals surface area contributed by atoms with Crippen molar-refractivity contribution < 1.29 is 4.79 Å². The van der Waals surface area contributed by atoms with E-state index in [0.29, 0.717) is 23.8 Å². The Balaban J connectivity index is 1.61. The maximum Gasteiger partial charge on any atom is 0.239 e. The van der Waals surface area contributed by atoms with Crippen LogP contribution in [0.25, 0.3) is 11.0 Å². The van der Waals surface area contributed by atoms with E-state index in [1.807, 2.05) is 30.3 Å². The molecule has 0 unspecified atom stereocenters. The van der Waals surface area contributed by atoms with Crippen molar-refractivity contribution in [2.24, 2.45) is 0 Å². The van der Waals surface area contributed by atoms with Crippen LogP contribution in [0.2, 0.25) is 0 Å². The predicted molar refractivity (Wildman–Crippen MR) is 88.5 cm³/mol. The molecule has 3 rings (SSSR count). The molecule has 0 radical (unpaired) electrons. The molecular formula is C16H16N6O. The van der Waals surface area contributed by atoms with Crippen molar-refractivity contribution in [3.63, 3.8) is 0 Å². The summed E-state index contributed by atoms with van der Waals surface area (Å²) in [4.78, 5) is 24.3. The molecule has 1 amide bonds. The van der Waals surface area contributed by atoms with Gasteiger partial charge in [-0.1, -0.05) is 30.3 Å². The second-order valence-electron chi connectivity index (χ2n) is 4.95. The third-order valence-corrected chi connectivity index (χ3v) is 3.27. The Morgan fingerprint density at radius 2 is 1.91 bits per heavy atom. The van der Waals surface area contributed by atoms with Gasteiger partial charge in [0, 0.05) is 6.54 Å².